The molecule has 0 aromatic carbocycles. The highest BCUT2D eigenvalue weighted by atomic mass is 35.5. The Balaban J connectivity index is 2.15. The van der Waals surface area contributed by atoms with Crippen molar-refractivity contribution in [2.24, 2.45) is 0 Å². The van der Waals surface area contributed by atoms with Gasteiger partial charge in [0.1, 0.15) is 16.8 Å². The van der Waals surface area contributed by atoms with Crippen LogP contribution in [-0.2, 0) is 0 Å². The van der Waals surface area contributed by atoms with Crippen LogP contribution in [-0.4, -0.2) is 48.1 Å². The summed E-state index contributed by atoms with van der Waals surface area (Å²) < 4.78 is 0. The lowest BCUT2D eigenvalue weighted by Crippen LogP contribution is -2.44. The van der Waals surface area contributed by atoms with Gasteiger partial charge in [-0.1, -0.05) is 11.6 Å². The number of hydrogen-bond donors (Lipinski definition) is 0. The molecular weight excluding hydrogens is 212 g/mol. The number of rotatable bonds is 1. The van der Waals surface area contributed by atoms with Crippen molar-refractivity contribution >= 4 is 17.4 Å². The van der Waals surface area contributed by atoms with E-state index in [1.807, 2.05) is 13.0 Å². The van der Waals surface area contributed by atoms with Crippen molar-refractivity contribution in [3.8, 4) is 0 Å². The summed E-state index contributed by atoms with van der Waals surface area (Å²) in [5.41, 5.74) is 0. The molecule has 2 heterocycles. The number of anilines is 1. The SMILES string of the molecule is Cc1nc(Cl)cc(N2CCN(C)CC2)n1. The van der Waals surface area contributed by atoms with E-state index in [0.717, 1.165) is 37.8 Å². The van der Waals surface area contributed by atoms with Crippen LogP contribution in [0.2, 0.25) is 5.15 Å². The summed E-state index contributed by atoms with van der Waals surface area (Å²) in [6.07, 6.45) is 0. The number of likely N-dealkylation sites (N-methyl/N-ethyl adjacent to an activating group) is 1. The van der Waals surface area contributed by atoms with Gasteiger partial charge in [0, 0.05) is 32.2 Å². The van der Waals surface area contributed by atoms with E-state index in [2.05, 4.69) is 26.8 Å². The molecule has 1 saturated heterocycles. The molecule has 1 fully saturated rings. The van der Waals surface area contributed by atoms with Crippen LogP contribution in [0.4, 0.5) is 5.82 Å². The van der Waals surface area contributed by atoms with Crippen molar-refractivity contribution in [1.29, 1.82) is 0 Å². The molecule has 0 bridgehead atoms. The van der Waals surface area contributed by atoms with Crippen LogP contribution in [0, 0.1) is 6.92 Å². The van der Waals surface area contributed by atoms with Crippen LogP contribution in [0.5, 0.6) is 0 Å². The van der Waals surface area contributed by atoms with E-state index in [1.54, 1.807) is 0 Å². The predicted octanol–water partition coefficient (Wildman–Crippen LogP) is 1.19. The first-order chi connectivity index (χ1) is 7.15. The van der Waals surface area contributed by atoms with Gasteiger partial charge < -0.3 is 9.80 Å². The van der Waals surface area contributed by atoms with Gasteiger partial charge in [-0.25, -0.2) is 9.97 Å². The third kappa shape index (κ3) is 2.58. The number of halogens is 1. The second kappa shape index (κ2) is 4.33. The summed E-state index contributed by atoms with van der Waals surface area (Å²) in [4.78, 5) is 13.0. The minimum atomic E-state index is 0.524. The van der Waals surface area contributed by atoms with Gasteiger partial charge in [0.05, 0.1) is 0 Å². The van der Waals surface area contributed by atoms with Gasteiger partial charge in [-0.05, 0) is 14.0 Å². The monoisotopic (exact) mass is 226 g/mol. The zero-order valence-electron chi connectivity index (χ0n) is 9.07. The fourth-order valence-electron chi connectivity index (χ4n) is 1.71. The lowest BCUT2D eigenvalue weighted by Gasteiger charge is -2.33. The van der Waals surface area contributed by atoms with Crippen molar-refractivity contribution in [1.82, 2.24) is 14.9 Å². The molecule has 1 aliphatic heterocycles. The molecule has 0 N–H and O–H groups in total. The summed E-state index contributed by atoms with van der Waals surface area (Å²) in [7, 11) is 2.13. The fourth-order valence-corrected chi connectivity index (χ4v) is 1.93. The van der Waals surface area contributed by atoms with Gasteiger partial charge in [-0.3, -0.25) is 0 Å². The summed E-state index contributed by atoms with van der Waals surface area (Å²) >= 11 is 5.91. The second-order valence-electron chi connectivity index (χ2n) is 3.89. The maximum Gasteiger partial charge on any atom is 0.134 e. The molecule has 0 amide bonds. The molecule has 2 rings (SSSR count). The molecule has 0 aliphatic carbocycles. The number of aryl methyl sites for hydroxylation is 1. The minimum Gasteiger partial charge on any atom is -0.354 e. The van der Waals surface area contributed by atoms with Crippen molar-refractivity contribution in [2.45, 2.75) is 6.92 Å². The maximum atomic E-state index is 5.91. The molecule has 82 valence electrons. The average Bonchev–Trinajstić information content (AvgIpc) is 2.17. The highest BCUT2D eigenvalue weighted by Gasteiger charge is 2.15. The summed E-state index contributed by atoms with van der Waals surface area (Å²) in [6, 6.07) is 1.83. The maximum absolute atomic E-state index is 5.91. The highest BCUT2D eigenvalue weighted by molar-refractivity contribution is 6.29. The van der Waals surface area contributed by atoms with Crippen LogP contribution in [0.25, 0.3) is 0 Å². The van der Waals surface area contributed by atoms with Crippen LogP contribution in [0.1, 0.15) is 5.82 Å². The van der Waals surface area contributed by atoms with Crippen molar-refractivity contribution in [3.63, 3.8) is 0 Å². The lowest BCUT2D eigenvalue weighted by molar-refractivity contribution is 0.312. The molecule has 5 heteroatoms. The van der Waals surface area contributed by atoms with E-state index in [1.165, 1.54) is 0 Å². The highest BCUT2D eigenvalue weighted by Crippen LogP contribution is 2.17. The van der Waals surface area contributed by atoms with Crippen molar-refractivity contribution < 1.29 is 0 Å². The Morgan fingerprint density at radius 3 is 2.47 bits per heavy atom. The largest absolute Gasteiger partial charge is 0.354 e. The first-order valence-corrected chi connectivity index (χ1v) is 5.47. The molecule has 0 unspecified atom stereocenters. The zero-order valence-corrected chi connectivity index (χ0v) is 9.83. The Morgan fingerprint density at radius 1 is 1.20 bits per heavy atom. The molecule has 1 aromatic heterocycles. The molecular formula is C10H15ClN4. The van der Waals surface area contributed by atoms with Crippen LogP contribution in [0.3, 0.4) is 0 Å². The van der Waals surface area contributed by atoms with Gasteiger partial charge >= 0.3 is 0 Å². The summed E-state index contributed by atoms with van der Waals surface area (Å²) in [6.45, 7) is 6.01. The van der Waals surface area contributed by atoms with E-state index >= 15 is 0 Å². The molecule has 0 radical (unpaired) electrons. The van der Waals surface area contributed by atoms with Gasteiger partial charge in [0.25, 0.3) is 0 Å². The minimum absolute atomic E-state index is 0.524. The molecule has 0 saturated carbocycles. The second-order valence-corrected chi connectivity index (χ2v) is 4.27. The normalized spacial score (nSPS) is 18.2. The van der Waals surface area contributed by atoms with E-state index in [9.17, 15) is 0 Å². The van der Waals surface area contributed by atoms with Gasteiger partial charge in [0.15, 0.2) is 0 Å². The first-order valence-electron chi connectivity index (χ1n) is 5.10. The van der Waals surface area contributed by atoms with Crippen molar-refractivity contribution in [3.05, 3.63) is 17.0 Å². The Hall–Kier alpha value is -0.870. The van der Waals surface area contributed by atoms with E-state index < -0.39 is 0 Å². The van der Waals surface area contributed by atoms with Crippen LogP contribution >= 0.6 is 11.6 Å². The zero-order chi connectivity index (χ0) is 10.8. The Morgan fingerprint density at radius 2 is 1.87 bits per heavy atom. The lowest BCUT2D eigenvalue weighted by atomic mass is 10.3. The van der Waals surface area contributed by atoms with Crippen LogP contribution in [0.15, 0.2) is 6.07 Å². The third-order valence-electron chi connectivity index (χ3n) is 2.62. The topological polar surface area (TPSA) is 32.3 Å². The number of hydrogen-bond acceptors (Lipinski definition) is 4. The Labute approximate surface area is 94.9 Å². The predicted molar refractivity (Wildman–Crippen MR) is 61.5 cm³/mol. The molecule has 0 atom stereocenters. The first kappa shape index (κ1) is 10.6. The van der Waals surface area contributed by atoms with Crippen LogP contribution < -0.4 is 4.90 Å². The fraction of sp³-hybridized carbons (Fsp3) is 0.600. The van der Waals surface area contributed by atoms with E-state index in [4.69, 9.17) is 11.6 Å². The Bertz CT molecular complexity index is 327. The van der Waals surface area contributed by atoms with E-state index in [0.29, 0.717) is 5.15 Å². The van der Waals surface area contributed by atoms with Gasteiger partial charge in [0.2, 0.25) is 0 Å². The quantitative estimate of drug-likeness (QED) is 0.674. The standard InChI is InChI=1S/C10H15ClN4/c1-8-12-9(11)7-10(13-8)15-5-3-14(2)4-6-15/h7H,3-6H2,1-2H3. The molecule has 0 spiro atoms. The molecule has 15 heavy (non-hydrogen) atoms. The molecule has 1 aliphatic rings. The van der Waals surface area contributed by atoms with Crippen molar-refractivity contribution in [2.75, 3.05) is 38.1 Å². The summed E-state index contributed by atoms with van der Waals surface area (Å²) in [5, 5.41) is 0.524. The Kier molecular flexibility index (Phi) is 3.07. The third-order valence-corrected chi connectivity index (χ3v) is 2.81. The summed E-state index contributed by atoms with van der Waals surface area (Å²) in [5.74, 6) is 1.68. The number of nitrogens with zero attached hydrogens (tertiary/aromatic N) is 4. The molecule has 4 nitrogen and oxygen atoms in total. The average molecular weight is 227 g/mol. The molecule has 1 aromatic rings. The van der Waals surface area contributed by atoms with Gasteiger partial charge in [-0.2, -0.15) is 0 Å². The van der Waals surface area contributed by atoms with Gasteiger partial charge in [-0.15, -0.1) is 0 Å². The smallest absolute Gasteiger partial charge is 0.134 e. The number of aromatic nitrogens is 2. The van der Waals surface area contributed by atoms with E-state index in [-0.39, 0.29) is 0 Å². The number of piperazine rings is 1.